The van der Waals surface area contributed by atoms with Crippen molar-refractivity contribution in [3.05, 3.63) is 47.3 Å². The molecule has 2 atom stereocenters. The van der Waals surface area contributed by atoms with Gasteiger partial charge in [0, 0.05) is 11.3 Å². The van der Waals surface area contributed by atoms with Crippen molar-refractivity contribution in [2.75, 3.05) is 11.6 Å². The predicted octanol–water partition coefficient (Wildman–Crippen LogP) is 0.351. The van der Waals surface area contributed by atoms with E-state index < -0.39 is 35.1 Å². The lowest BCUT2D eigenvalue weighted by atomic mass is 10.0. The predicted molar refractivity (Wildman–Crippen MR) is 94.3 cm³/mol. The number of nitrogens with one attached hydrogen (secondary N) is 2. The molecule has 1 aromatic carbocycles. The topological polar surface area (TPSA) is 116 Å². The number of benzene rings is 1. The number of rotatable bonds is 5. The van der Waals surface area contributed by atoms with Gasteiger partial charge in [-0.2, -0.15) is 0 Å². The number of carbonyl (C=O) groups excluding carboxylic acids is 3. The SMILES string of the molecule is O=C(CCl)NC1C(=O)N2C(C(=O)O)=C(NC(=O)c3ccccc3)CS[C@H]12. The van der Waals surface area contributed by atoms with Gasteiger partial charge in [0.1, 0.15) is 17.3 Å². The number of halogens is 1. The van der Waals surface area contributed by atoms with Gasteiger partial charge in [0.25, 0.3) is 11.8 Å². The van der Waals surface area contributed by atoms with Crippen molar-refractivity contribution in [2.24, 2.45) is 0 Å². The van der Waals surface area contributed by atoms with Crippen molar-refractivity contribution in [1.29, 1.82) is 0 Å². The first-order chi connectivity index (χ1) is 12.4. The summed E-state index contributed by atoms with van der Waals surface area (Å²) in [5.74, 6) is -2.95. The maximum absolute atomic E-state index is 12.3. The Labute approximate surface area is 157 Å². The monoisotopic (exact) mass is 395 g/mol. The second-order valence-corrected chi connectivity index (χ2v) is 6.91. The minimum atomic E-state index is -1.32. The molecule has 3 amide bonds. The summed E-state index contributed by atoms with van der Waals surface area (Å²) in [6, 6.07) is 7.51. The van der Waals surface area contributed by atoms with Crippen LogP contribution >= 0.6 is 23.4 Å². The molecule has 2 heterocycles. The zero-order chi connectivity index (χ0) is 18.8. The van der Waals surface area contributed by atoms with Gasteiger partial charge in [-0.3, -0.25) is 19.3 Å². The van der Waals surface area contributed by atoms with E-state index in [1.807, 2.05) is 0 Å². The lowest BCUT2D eigenvalue weighted by molar-refractivity contribution is -0.150. The Balaban J connectivity index is 1.82. The van der Waals surface area contributed by atoms with Crippen molar-refractivity contribution >= 4 is 47.1 Å². The highest BCUT2D eigenvalue weighted by Crippen LogP contribution is 2.39. The number of carboxylic acids is 1. The summed E-state index contributed by atoms with van der Waals surface area (Å²) in [7, 11) is 0. The number of fused-ring (bicyclic) bond motifs is 1. The fourth-order valence-corrected chi connectivity index (χ4v) is 4.08. The highest BCUT2D eigenvalue weighted by molar-refractivity contribution is 8.00. The number of aliphatic carboxylic acids is 1. The number of hydrogen-bond acceptors (Lipinski definition) is 5. The van der Waals surface area contributed by atoms with Crippen molar-refractivity contribution < 1.29 is 24.3 Å². The van der Waals surface area contributed by atoms with Crippen LogP contribution in [0.5, 0.6) is 0 Å². The molecule has 1 aromatic rings. The first-order valence-corrected chi connectivity index (χ1v) is 9.15. The fraction of sp³-hybridized carbons (Fsp3) is 0.250. The fourth-order valence-electron chi connectivity index (χ4n) is 2.73. The van der Waals surface area contributed by atoms with Crippen molar-refractivity contribution in [3.63, 3.8) is 0 Å². The highest BCUT2D eigenvalue weighted by Gasteiger charge is 2.54. The third kappa shape index (κ3) is 3.27. The summed E-state index contributed by atoms with van der Waals surface area (Å²) in [5.41, 5.74) is 0.238. The first-order valence-electron chi connectivity index (χ1n) is 7.57. The largest absolute Gasteiger partial charge is 0.477 e. The van der Waals surface area contributed by atoms with Crippen molar-refractivity contribution in [3.8, 4) is 0 Å². The van der Waals surface area contributed by atoms with Gasteiger partial charge >= 0.3 is 5.97 Å². The number of alkyl halides is 1. The minimum Gasteiger partial charge on any atom is -0.477 e. The van der Waals surface area contributed by atoms with E-state index in [0.29, 0.717) is 5.56 Å². The van der Waals surface area contributed by atoms with Crippen LogP contribution in [0.15, 0.2) is 41.7 Å². The van der Waals surface area contributed by atoms with Crippen LogP contribution in [0, 0.1) is 0 Å². The number of amides is 3. The van der Waals surface area contributed by atoms with Gasteiger partial charge in [0.2, 0.25) is 5.91 Å². The van der Waals surface area contributed by atoms with E-state index in [9.17, 15) is 24.3 Å². The second kappa shape index (κ2) is 7.38. The summed E-state index contributed by atoms with van der Waals surface area (Å²) in [6.07, 6.45) is 0. The molecule has 136 valence electrons. The average Bonchev–Trinajstić information content (AvgIpc) is 2.65. The number of nitrogens with zero attached hydrogens (tertiary/aromatic N) is 1. The lowest BCUT2D eigenvalue weighted by Crippen LogP contribution is -2.71. The first kappa shape index (κ1) is 18.3. The third-order valence-corrected chi connectivity index (χ3v) is 5.43. The molecule has 8 nitrogen and oxygen atoms in total. The average molecular weight is 396 g/mol. The molecule has 0 radical (unpaired) electrons. The molecule has 0 aromatic heterocycles. The van der Waals surface area contributed by atoms with Crippen LogP contribution in [0.4, 0.5) is 0 Å². The quantitative estimate of drug-likeness (QED) is 0.489. The maximum atomic E-state index is 12.3. The standard InChI is InChI=1S/C16H14ClN3O5S/c17-6-10(21)19-11-14(23)20-12(16(24)25)9(7-26-15(11)20)18-13(22)8-4-2-1-3-5-8/h1-5,11,15H,6-7H2,(H,18,22)(H,19,21)(H,24,25)/t11?,15-/m1/s1. The number of thioether (sulfide) groups is 1. The molecule has 3 rings (SSSR count). The van der Waals surface area contributed by atoms with Crippen LogP contribution in [-0.2, 0) is 14.4 Å². The van der Waals surface area contributed by atoms with E-state index in [2.05, 4.69) is 10.6 Å². The zero-order valence-electron chi connectivity index (χ0n) is 13.3. The maximum Gasteiger partial charge on any atom is 0.354 e. The van der Waals surface area contributed by atoms with Crippen LogP contribution in [0.2, 0.25) is 0 Å². The van der Waals surface area contributed by atoms with Crippen LogP contribution in [0.3, 0.4) is 0 Å². The molecule has 10 heteroatoms. The van der Waals surface area contributed by atoms with Gasteiger partial charge < -0.3 is 15.7 Å². The Kier molecular flexibility index (Phi) is 5.19. The van der Waals surface area contributed by atoms with Crippen LogP contribution < -0.4 is 10.6 Å². The van der Waals surface area contributed by atoms with E-state index in [0.717, 1.165) is 4.90 Å². The molecule has 26 heavy (non-hydrogen) atoms. The smallest absolute Gasteiger partial charge is 0.354 e. The summed E-state index contributed by atoms with van der Waals surface area (Å²) >= 11 is 6.68. The van der Waals surface area contributed by atoms with Crippen LogP contribution in [0.25, 0.3) is 0 Å². The van der Waals surface area contributed by atoms with E-state index in [-0.39, 0.29) is 23.0 Å². The van der Waals surface area contributed by atoms with Gasteiger partial charge in [0.15, 0.2) is 5.70 Å². The summed E-state index contributed by atoms with van der Waals surface area (Å²) in [6.45, 7) is 0. The molecule has 2 aliphatic heterocycles. The lowest BCUT2D eigenvalue weighted by Gasteiger charge is -2.49. The van der Waals surface area contributed by atoms with Gasteiger partial charge in [-0.15, -0.1) is 23.4 Å². The molecule has 1 fully saturated rings. The Morgan fingerprint density at radius 1 is 1.27 bits per heavy atom. The third-order valence-electron chi connectivity index (χ3n) is 3.91. The van der Waals surface area contributed by atoms with E-state index >= 15 is 0 Å². The van der Waals surface area contributed by atoms with E-state index in [4.69, 9.17) is 11.6 Å². The van der Waals surface area contributed by atoms with Crippen molar-refractivity contribution in [1.82, 2.24) is 15.5 Å². The molecular formula is C16H14ClN3O5S. The van der Waals surface area contributed by atoms with Crippen molar-refractivity contribution in [2.45, 2.75) is 11.4 Å². The molecule has 0 bridgehead atoms. The van der Waals surface area contributed by atoms with Crippen LogP contribution in [0.1, 0.15) is 10.4 Å². The normalized spacial score (nSPS) is 21.6. The highest BCUT2D eigenvalue weighted by atomic mass is 35.5. The molecule has 0 spiro atoms. The number of carboxylic acid groups (broad SMARTS) is 1. The molecule has 0 saturated carbocycles. The number of carbonyl (C=O) groups is 4. The Hall–Kier alpha value is -2.52. The summed E-state index contributed by atoms with van der Waals surface area (Å²) in [4.78, 5) is 48.8. The van der Waals surface area contributed by atoms with Gasteiger partial charge in [-0.25, -0.2) is 4.79 Å². The Morgan fingerprint density at radius 2 is 1.96 bits per heavy atom. The molecule has 2 aliphatic rings. The molecule has 1 saturated heterocycles. The van der Waals surface area contributed by atoms with E-state index in [1.165, 1.54) is 11.8 Å². The molecule has 1 unspecified atom stereocenters. The molecular weight excluding hydrogens is 382 g/mol. The zero-order valence-corrected chi connectivity index (χ0v) is 14.8. The minimum absolute atomic E-state index is 0.142. The summed E-state index contributed by atoms with van der Waals surface area (Å²) < 4.78 is 0. The second-order valence-electron chi connectivity index (χ2n) is 5.54. The Morgan fingerprint density at radius 3 is 2.58 bits per heavy atom. The molecule has 3 N–H and O–H groups in total. The molecule has 0 aliphatic carbocycles. The van der Waals surface area contributed by atoms with E-state index in [1.54, 1.807) is 30.3 Å². The summed E-state index contributed by atoms with van der Waals surface area (Å²) in [5, 5.41) is 14.0. The Bertz CT molecular complexity index is 813. The van der Waals surface area contributed by atoms with Crippen LogP contribution in [-0.4, -0.2) is 56.7 Å². The van der Waals surface area contributed by atoms with Gasteiger partial charge in [-0.1, -0.05) is 18.2 Å². The van der Waals surface area contributed by atoms with Gasteiger partial charge in [0.05, 0.1) is 5.70 Å². The number of β-lactam (4-membered cyclic amide) rings is 1. The van der Waals surface area contributed by atoms with Gasteiger partial charge in [-0.05, 0) is 12.1 Å². The number of hydrogen-bond donors (Lipinski definition) is 3.